The smallest absolute Gasteiger partial charge is 0.452 e. The molecule has 2 aliphatic heterocycles. The van der Waals surface area contributed by atoms with Gasteiger partial charge in [0, 0.05) is 38.1 Å². The highest BCUT2D eigenvalue weighted by molar-refractivity contribution is 7.89. The van der Waals surface area contributed by atoms with Gasteiger partial charge in [-0.05, 0) is 61.2 Å². The molecule has 5 heterocycles. The molecule has 2 atom stereocenters. The Morgan fingerprint density at radius 2 is 2.00 bits per heavy atom. The summed E-state index contributed by atoms with van der Waals surface area (Å²) in [6, 6.07) is 11.8. The van der Waals surface area contributed by atoms with Crippen LogP contribution in [0.4, 0.5) is 19.0 Å². The number of aromatic nitrogens is 4. The lowest BCUT2D eigenvalue weighted by atomic mass is 9.42. The molecule has 13 heteroatoms. The molecule has 0 fully saturated rings. The molecule has 4 aromatic rings. The number of likely N-dealkylation sites (N-methyl/N-ethyl adjacent to an activating group) is 1. The van der Waals surface area contributed by atoms with Crippen molar-refractivity contribution in [2.45, 2.75) is 37.3 Å². The van der Waals surface area contributed by atoms with Crippen LogP contribution in [0.3, 0.4) is 0 Å². The predicted molar refractivity (Wildman–Crippen MR) is 149 cm³/mol. The van der Waals surface area contributed by atoms with Crippen LogP contribution in [-0.2, 0) is 30.5 Å². The normalized spacial score (nSPS) is 20.3. The second-order valence-corrected chi connectivity index (χ2v) is 12.0. The summed E-state index contributed by atoms with van der Waals surface area (Å²) in [7, 11) is 2.12. The summed E-state index contributed by atoms with van der Waals surface area (Å²) >= 11 is -1.39. The molecule has 3 aromatic heterocycles. The van der Waals surface area contributed by atoms with Crippen LogP contribution in [0.15, 0.2) is 53.7 Å². The van der Waals surface area contributed by atoms with Gasteiger partial charge in [0.15, 0.2) is 18.2 Å². The molecule has 1 N–H and O–H groups in total. The lowest BCUT2D eigenvalue weighted by Crippen LogP contribution is -2.44. The first kappa shape index (κ1) is 27.1. The predicted octanol–water partition coefficient (Wildman–Crippen LogP) is 3.18. The van der Waals surface area contributed by atoms with E-state index in [0.29, 0.717) is 49.0 Å². The van der Waals surface area contributed by atoms with Gasteiger partial charge in [-0.2, -0.15) is 13.2 Å². The fraction of sp³-hybridized carbons (Fsp3) is 0.370. The SMILES string of the molecule is Cc1c(Cc2ccc3c(c2)CN2CCB3CN(C)CCNc3ncccc3[S+]2[O-])ccn2c(C(F)(F)F)nnc12. The minimum absolute atomic E-state index is 0.204. The Morgan fingerprint density at radius 1 is 1.15 bits per heavy atom. The van der Waals surface area contributed by atoms with Crippen molar-refractivity contribution < 1.29 is 17.7 Å². The molecule has 40 heavy (non-hydrogen) atoms. The molecule has 2 aliphatic rings. The molecule has 1 aromatic carbocycles. The highest BCUT2D eigenvalue weighted by Gasteiger charge is 2.37. The van der Waals surface area contributed by atoms with Gasteiger partial charge in [0.1, 0.15) is 0 Å². The van der Waals surface area contributed by atoms with E-state index >= 15 is 0 Å². The summed E-state index contributed by atoms with van der Waals surface area (Å²) in [4.78, 5) is 7.45. The van der Waals surface area contributed by atoms with Crippen LogP contribution in [0, 0.1) is 6.92 Å². The number of benzene rings is 1. The van der Waals surface area contributed by atoms with E-state index in [2.05, 4.69) is 50.6 Å². The largest absolute Gasteiger partial charge is 0.593 e. The van der Waals surface area contributed by atoms with E-state index < -0.39 is 23.4 Å². The Labute approximate surface area is 234 Å². The number of rotatable bonds is 2. The molecule has 0 spiro atoms. The summed E-state index contributed by atoms with van der Waals surface area (Å²) in [5.74, 6) is -0.375. The van der Waals surface area contributed by atoms with Gasteiger partial charge in [0.2, 0.25) is 10.7 Å². The standard InChI is InChI=1S/C27H29BF3N7OS/c1-18-20(7-11-38-25(18)34-35-26(38)27(29,30)31)14-19-5-6-22-21(15-19)16-37-12-8-28(22)17-36(2)13-10-33-24-23(40(37)39)4-3-9-32-24/h3-7,9,11,15H,8,10,12-14,16-17H2,1-2H3,(H,32,33). The van der Waals surface area contributed by atoms with Crippen LogP contribution in [0.25, 0.3) is 5.65 Å². The van der Waals surface area contributed by atoms with Gasteiger partial charge in [0.05, 0.1) is 17.9 Å². The third kappa shape index (κ3) is 5.18. The number of hydrogen-bond acceptors (Lipinski definition) is 7. The monoisotopic (exact) mass is 567 g/mol. The maximum atomic E-state index is 13.8. The van der Waals surface area contributed by atoms with Gasteiger partial charge < -0.3 is 14.8 Å². The minimum Gasteiger partial charge on any atom is -0.593 e. The summed E-state index contributed by atoms with van der Waals surface area (Å²) in [5, 5.41) is 10.6. The van der Waals surface area contributed by atoms with Crippen molar-refractivity contribution in [3.63, 3.8) is 0 Å². The number of alkyl halides is 3. The van der Waals surface area contributed by atoms with Crippen molar-refractivity contribution in [1.29, 1.82) is 0 Å². The lowest BCUT2D eigenvalue weighted by Gasteiger charge is -2.25. The summed E-state index contributed by atoms with van der Waals surface area (Å²) in [5.41, 5.74) is 5.17. The number of hydrogen-bond donors (Lipinski definition) is 1. The van der Waals surface area contributed by atoms with E-state index in [1.54, 1.807) is 19.2 Å². The highest BCUT2D eigenvalue weighted by atomic mass is 32.2. The Kier molecular flexibility index (Phi) is 7.24. The van der Waals surface area contributed by atoms with Gasteiger partial charge >= 0.3 is 6.18 Å². The zero-order valence-corrected chi connectivity index (χ0v) is 23.1. The van der Waals surface area contributed by atoms with E-state index in [1.807, 2.05) is 16.4 Å². The molecule has 2 unspecified atom stereocenters. The molecule has 0 amide bonds. The third-order valence-electron chi connectivity index (χ3n) is 7.82. The molecule has 208 valence electrons. The molecule has 6 rings (SSSR count). The van der Waals surface area contributed by atoms with Gasteiger partial charge in [0.25, 0.3) is 0 Å². The quantitative estimate of drug-likeness (QED) is 0.294. The van der Waals surface area contributed by atoms with Crippen LogP contribution in [-0.4, -0.2) is 73.2 Å². The Balaban J connectivity index is 1.35. The zero-order valence-electron chi connectivity index (χ0n) is 22.3. The van der Waals surface area contributed by atoms with Crippen molar-refractivity contribution in [2.24, 2.45) is 0 Å². The fourth-order valence-corrected chi connectivity index (χ4v) is 7.01. The van der Waals surface area contributed by atoms with E-state index in [-0.39, 0.29) is 5.65 Å². The average molecular weight is 567 g/mol. The van der Waals surface area contributed by atoms with Gasteiger partial charge in [-0.25, -0.2) is 4.98 Å². The van der Waals surface area contributed by atoms with Gasteiger partial charge in [-0.1, -0.05) is 30.0 Å². The van der Waals surface area contributed by atoms with Crippen LogP contribution < -0.4 is 10.8 Å². The highest BCUT2D eigenvalue weighted by Crippen LogP contribution is 2.30. The van der Waals surface area contributed by atoms with Crippen LogP contribution in [0.5, 0.6) is 0 Å². The summed E-state index contributed by atoms with van der Waals surface area (Å²) < 4.78 is 56.8. The van der Waals surface area contributed by atoms with Gasteiger partial charge in [-0.15, -0.1) is 14.5 Å². The maximum Gasteiger partial charge on any atom is 0.452 e. The Morgan fingerprint density at radius 3 is 2.83 bits per heavy atom. The zero-order chi connectivity index (χ0) is 28.0. The van der Waals surface area contributed by atoms with Gasteiger partial charge in [-0.3, -0.25) is 4.40 Å². The molecular weight excluding hydrogens is 538 g/mol. The fourth-order valence-electron chi connectivity index (χ4n) is 5.72. The second kappa shape index (κ2) is 10.7. The molecule has 8 nitrogen and oxygen atoms in total. The number of fused-ring (bicyclic) bond motifs is 7. The van der Waals surface area contributed by atoms with Crippen molar-refractivity contribution >= 4 is 35.0 Å². The number of nitrogens with one attached hydrogen (secondary N) is 1. The molecular formula is C27H29BF3N7OS. The molecule has 0 radical (unpaired) electrons. The first-order chi connectivity index (χ1) is 19.2. The first-order valence-corrected chi connectivity index (χ1v) is 14.4. The van der Waals surface area contributed by atoms with E-state index in [4.69, 9.17) is 0 Å². The number of anilines is 1. The molecule has 0 saturated carbocycles. The van der Waals surface area contributed by atoms with E-state index in [9.17, 15) is 17.7 Å². The van der Waals surface area contributed by atoms with Crippen molar-refractivity contribution in [3.8, 4) is 0 Å². The number of pyridine rings is 2. The summed E-state index contributed by atoms with van der Waals surface area (Å²) in [6.07, 6.45) is 0.827. The number of halogens is 3. The number of aryl methyl sites for hydroxylation is 1. The van der Waals surface area contributed by atoms with Crippen LogP contribution in [0.1, 0.15) is 28.1 Å². The maximum absolute atomic E-state index is 13.8. The third-order valence-corrected chi connectivity index (χ3v) is 9.30. The Hall–Kier alpha value is -3.13. The Bertz CT molecular complexity index is 1550. The van der Waals surface area contributed by atoms with Crippen molar-refractivity contribution in [3.05, 3.63) is 76.9 Å². The first-order valence-electron chi connectivity index (χ1n) is 13.3. The van der Waals surface area contributed by atoms with Crippen molar-refractivity contribution in [2.75, 3.05) is 38.4 Å². The molecule has 0 saturated heterocycles. The molecule has 2 bridgehead atoms. The second-order valence-electron chi connectivity index (χ2n) is 10.5. The van der Waals surface area contributed by atoms with Crippen LogP contribution >= 0.6 is 0 Å². The van der Waals surface area contributed by atoms with E-state index in [1.165, 1.54) is 11.7 Å². The lowest BCUT2D eigenvalue weighted by molar-refractivity contribution is -0.145. The molecule has 0 aliphatic carbocycles. The number of nitrogens with zero attached hydrogens (tertiary/aromatic N) is 6. The van der Waals surface area contributed by atoms with Crippen molar-refractivity contribution in [1.82, 2.24) is 28.8 Å². The van der Waals surface area contributed by atoms with Crippen LogP contribution in [0.2, 0.25) is 6.32 Å². The summed E-state index contributed by atoms with van der Waals surface area (Å²) in [6.45, 7) is 4.82. The topological polar surface area (TPSA) is 84.6 Å². The average Bonchev–Trinajstić information content (AvgIpc) is 3.29. The van der Waals surface area contributed by atoms with E-state index in [0.717, 1.165) is 40.4 Å². The minimum atomic E-state index is -4.58.